The number of urea groups is 1. The van der Waals surface area contributed by atoms with Crippen LogP contribution in [0.4, 0.5) is 10.5 Å². The minimum atomic E-state index is -0.184. The van der Waals surface area contributed by atoms with E-state index in [1.165, 1.54) is 0 Å². The van der Waals surface area contributed by atoms with E-state index in [9.17, 15) is 9.59 Å². The Morgan fingerprint density at radius 3 is 2.50 bits per heavy atom. The average molecular weight is 379 g/mol. The number of piperidine rings is 1. The molecular weight excluding hydrogens is 348 g/mol. The molecule has 6 nitrogen and oxygen atoms in total. The van der Waals surface area contributed by atoms with E-state index in [2.05, 4.69) is 27.1 Å². The monoisotopic (exact) mass is 378 g/mol. The molecule has 144 valence electrons. The van der Waals surface area contributed by atoms with Crippen molar-refractivity contribution in [3.8, 4) is 0 Å². The quantitative estimate of drug-likeness (QED) is 0.650. The highest BCUT2D eigenvalue weighted by molar-refractivity contribution is 7.98. The van der Waals surface area contributed by atoms with Crippen LogP contribution in [0.2, 0.25) is 0 Å². The number of hydrogen-bond donors (Lipinski definition) is 3. The summed E-state index contributed by atoms with van der Waals surface area (Å²) in [5.41, 5.74) is 1.29. The Balaban J connectivity index is 1.73. The zero-order valence-corrected chi connectivity index (χ0v) is 16.5. The molecule has 0 bridgehead atoms. The molecule has 1 heterocycles. The summed E-state index contributed by atoms with van der Waals surface area (Å²) in [6.07, 6.45) is 5.00. The van der Waals surface area contributed by atoms with Crippen molar-refractivity contribution in [2.75, 3.05) is 43.5 Å². The Bertz CT molecular complexity index is 571. The molecular formula is C19H30N4O2S. The summed E-state index contributed by atoms with van der Waals surface area (Å²) >= 11 is 1.87. The summed E-state index contributed by atoms with van der Waals surface area (Å²) in [7, 11) is 0. The van der Waals surface area contributed by atoms with E-state index in [-0.39, 0.29) is 18.0 Å². The molecule has 0 saturated carbocycles. The lowest BCUT2D eigenvalue weighted by atomic mass is 10.1. The second-order valence-corrected chi connectivity index (χ2v) is 7.53. The van der Waals surface area contributed by atoms with Crippen molar-refractivity contribution in [2.45, 2.75) is 32.2 Å². The molecule has 0 radical (unpaired) electrons. The number of amides is 3. The third-order valence-electron chi connectivity index (χ3n) is 4.47. The number of carbonyl (C=O) groups excluding carboxylic acids is 2. The first-order valence-corrected chi connectivity index (χ1v) is 10.7. The summed E-state index contributed by atoms with van der Waals surface area (Å²) in [6, 6.07) is 7.00. The lowest BCUT2D eigenvalue weighted by Gasteiger charge is -2.32. The predicted molar refractivity (Wildman–Crippen MR) is 109 cm³/mol. The largest absolute Gasteiger partial charge is 0.352 e. The number of carbonyl (C=O) groups is 2. The van der Waals surface area contributed by atoms with Gasteiger partial charge < -0.3 is 20.9 Å². The Kier molecular flexibility index (Phi) is 8.77. The van der Waals surface area contributed by atoms with Crippen LogP contribution in [-0.2, 0) is 0 Å². The number of hydrogen-bond acceptors (Lipinski definition) is 4. The molecule has 7 heteroatoms. The van der Waals surface area contributed by atoms with Crippen molar-refractivity contribution in [3.63, 3.8) is 0 Å². The molecule has 2 rings (SSSR count). The topological polar surface area (TPSA) is 73.5 Å². The first kappa shape index (κ1) is 20.6. The van der Waals surface area contributed by atoms with Gasteiger partial charge in [0, 0.05) is 49.2 Å². The van der Waals surface area contributed by atoms with Crippen molar-refractivity contribution in [3.05, 3.63) is 29.8 Å². The minimum Gasteiger partial charge on any atom is -0.352 e. The molecule has 0 spiro atoms. The first-order chi connectivity index (χ1) is 12.6. The van der Waals surface area contributed by atoms with Gasteiger partial charge in [0.25, 0.3) is 5.91 Å². The van der Waals surface area contributed by atoms with Crippen LogP contribution in [-0.4, -0.2) is 61.1 Å². The number of benzene rings is 1. The second-order valence-electron chi connectivity index (χ2n) is 6.54. The van der Waals surface area contributed by atoms with Gasteiger partial charge in [-0.3, -0.25) is 4.79 Å². The molecule has 1 aliphatic heterocycles. The van der Waals surface area contributed by atoms with Gasteiger partial charge in [0.05, 0.1) is 0 Å². The molecule has 0 aliphatic carbocycles. The van der Waals surface area contributed by atoms with Gasteiger partial charge in [0.1, 0.15) is 0 Å². The Morgan fingerprint density at radius 2 is 1.88 bits per heavy atom. The van der Waals surface area contributed by atoms with Crippen LogP contribution in [0.15, 0.2) is 24.3 Å². The summed E-state index contributed by atoms with van der Waals surface area (Å²) in [4.78, 5) is 26.5. The maximum absolute atomic E-state index is 12.2. The first-order valence-electron chi connectivity index (χ1n) is 9.29. The fraction of sp³-hybridized carbons (Fsp3) is 0.579. The third kappa shape index (κ3) is 6.88. The summed E-state index contributed by atoms with van der Waals surface area (Å²) in [5.74, 6) is 1.07. The normalized spacial score (nSPS) is 15.5. The molecule has 1 aromatic carbocycles. The van der Waals surface area contributed by atoms with Gasteiger partial charge in [0.15, 0.2) is 0 Å². The molecule has 1 saturated heterocycles. The van der Waals surface area contributed by atoms with E-state index in [0.29, 0.717) is 17.8 Å². The number of anilines is 1. The Labute approximate surface area is 160 Å². The minimum absolute atomic E-state index is 0.0870. The number of nitrogens with zero attached hydrogens (tertiary/aromatic N) is 1. The molecule has 26 heavy (non-hydrogen) atoms. The fourth-order valence-corrected chi connectivity index (χ4v) is 3.36. The standard InChI is InChI=1S/C19H30N4O2S/c1-3-10-20-18(24)15-4-6-16(7-5-15)21-19(25)22-17-8-11-23(12-9-17)13-14-26-2/h4-7,17H,3,8-14H2,1-2H3,(H,20,24)(H2,21,22,25). The number of likely N-dealkylation sites (tertiary alicyclic amines) is 1. The van der Waals surface area contributed by atoms with Crippen molar-refractivity contribution in [2.24, 2.45) is 0 Å². The van der Waals surface area contributed by atoms with Crippen LogP contribution in [0.5, 0.6) is 0 Å². The molecule has 0 aromatic heterocycles. The molecule has 1 fully saturated rings. The molecule has 1 aromatic rings. The zero-order chi connectivity index (χ0) is 18.8. The molecule has 3 N–H and O–H groups in total. The summed E-state index contributed by atoms with van der Waals surface area (Å²) < 4.78 is 0. The fourth-order valence-electron chi connectivity index (χ4n) is 2.92. The SMILES string of the molecule is CCCNC(=O)c1ccc(NC(=O)NC2CCN(CCSC)CC2)cc1. The van der Waals surface area contributed by atoms with Crippen LogP contribution in [0.3, 0.4) is 0 Å². The lowest BCUT2D eigenvalue weighted by molar-refractivity contribution is 0.0953. The third-order valence-corrected chi connectivity index (χ3v) is 5.07. The van der Waals surface area contributed by atoms with E-state index in [0.717, 1.165) is 44.6 Å². The maximum atomic E-state index is 12.2. The van der Waals surface area contributed by atoms with E-state index < -0.39 is 0 Å². The molecule has 1 aliphatic rings. The van der Waals surface area contributed by atoms with Crippen molar-refractivity contribution >= 4 is 29.4 Å². The van der Waals surface area contributed by atoms with Crippen LogP contribution in [0, 0.1) is 0 Å². The summed E-state index contributed by atoms with van der Waals surface area (Å²) in [5, 5.41) is 8.73. The van der Waals surface area contributed by atoms with Crippen molar-refractivity contribution < 1.29 is 9.59 Å². The van der Waals surface area contributed by atoms with E-state index in [1.54, 1.807) is 24.3 Å². The molecule has 3 amide bonds. The van der Waals surface area contributed by atoms with E-state index in [4.69, 9.17) is 0 Å². The van der Waals surface area contributed by atoms with Gasteiger partial charge in [0.2, 0.25) is 0 Å². The van der Waals surface area contributed by atoms with Crippen molar-refractivity contribution in [1.29, 1.82) is 0 Å². The van der Waals surface area contributed by atoms with E-state index in [1.807, 2.05) is 18.7 Å². The Morgan fingerprint density at radius 1 is 1.19 bits per heavy atom. The van der Waals surface area contributed by atoms with Gasteiger partial charge in [-0.05, 0) is 49.8 Å². The zero-order valence-electron chi connectivity index (χ0n) is 15.7. The molecule has 0 atom stereocenters. The number of rotatable bonds is 8. The van der Waals surface area contributed by atoms with Crippen LogP contribution >= 0.6 is 11.8 Å². The van der Waals surface area contributed by atoms with Crippen LogP contribution < -0.4 is 16.0 Å². The Hall–Kier alpha value is -1.73. The number of thioether (sulfide) groups is 1. The number of nitrogens with one attached hydrogen (secondary N) is 3. The predicted octanol–water partition coefficient (Wildman–Crippen LogP) is 2.78. The van der Waals surface area contributed by atoms with Crippen LogP contribution in [0.1, 0.15) is 36.5 Å². The lowest BCUT2D eigenvalue weighted by Crippen LogP contribution is -2.46. The maximum Gasteiger partial charge on any atom is 0.319 e. The molecule has 0 unspecified atom stereocenters. The van der Waals surface area contributed by atoms with E-state index >= 15 is 0 Å². The highest BCUT2D eigenvalue weighted by Crippen LogP contribution is 2.13. The van der Waals surface area contributed by atoms with Crippen molar-refractivity contribution in [1.82, 2.24) is 15.5 Å². The summed E-state index contributed by atoms with van der Waals surface area (Å²) in [6.45, 7) is 5.87. The smallest absolute Gasteiger partial charge is 0.319 e. The second kappa shape index (κ2) is 11.1. The van der Waals surface area contributed by atoms with Gasteiger partial charge in [-0.25, -0.2) is 4.79 Å². The highest BCUT2D eigenvalue weighted by atomic mass is 32.2. The highest BCUT2D eigenvalue weighted by Gasteiger charge is 2.20. The van der Waals surface area contributed by atoms with Gasteiger partial charge >= 0.3 is 6.03 Å². The van der Waals surface area contributed by atoms with Gasteiger partial charge in [-0.1, -0.05) is 6.92 Å². The van der Waals surface area contributed by atoms with Gasteiger partial charge in [-0.15, -0.1) is 0 Å². The average Bonchev–Trinajstić information content (AvgIpc) is 2.66. The van der Waals surface area contributed by atoms with Gasteiger partial charge in [-0.2, -0.15) is 11.8 Å². The van der Waals surface area contributed by atoms with Crippen LogP contribution in [0.25, 0.3) is 0 Å².